The Bertz CT molecular complexity index is 688. The molecule has 0 aromatic carbocycles. The fourth-order valence-corrected chi connectivity index (χ4v) is 1.88. The SMILES string of the molecule is Cc1nc(NC(=O)C2CC2)nc2cc[nH]c(=O)c12. The quantitative estimate of drug-likeness (QED) is 0.824. The second kappa shape index (κ2) is 3.90. The molecule has 1 aliphatic rings. The number of pyridine rings is 1. The summed E-state index contributed by atoms with van der Waals surface area (Å²) < 4.78 is 0. The number of hydrogen-bond donors (Lipinski definition) is 2. The van der Waals surface area contributed by atoms with Crippen molar-refractivity contribution in [2.24, 2.45) is 5.92 Å². The minimum Gasteiger partial charge on any atom is -0.328 e. The maximum atomic E-state index is 11.6. The van der Waals surface area contributed by atoms with Gasteiger partial charge in [0.1, 0.15) is 0 Å². The fourth-order valence-electron chi connectivity index (χ4n) is 1.88. The molecule has 2 aromatic rings. The van der Waals surface area contributed by atoms with Gasteiger partial charge in [0.05, 0.1) is 16.6 Å². The van der Waals surface area contributed by atoms with Gasteiger partial charge in [-0.3, -0.25) is 14.9 Å². The molecule has 0 saturated heterocycles. The lowest BCUT2D eigenvalue weighted by atomic mass is 10.2. The van der Waals surface area contributed by atoms with Gasteiger partial charge in [-0.05, 0) is 25.8 Å². The largest absolute Gasteiger partial charge is 0.328 e. The van der Waals surface area contributed by atoms with Crippen LogP contribution in [-0.2, 0) is 4.79 Å². The first-order valence-electron chi connectivity index (χ1n) is 5.82. The molecule has 2 heterocycles. The number of H-pyrrole nitrogens is 1. The second-order valence-electron chi connectivity index (χ2n) is 4.46. The first-order valence-corrected chi connectivity index (χ1v) is 5.82. The van der Waals surface area contributed by atoms with Crippen molar-refractivity contribution in [2.75, 3.05) is 5.32 Å². The van der Waals surface area contributed by atoms with Crippen LogP contribution in [0.4, 0.5) is 5.95 Å². The molecule has 2 aromatic heterocycles. The van der Waals surface area contributed by atoms with E-state index in [-0.39, 0.29) is 23.3 Å². The summed E-state index contributed by atoms with van der Waals surface area (Å²) in [5.74, 6) is 0.324. The van der Waals surface area contributed by atoms with Gasteiger partial charge in [0.15, 0.2) is 0 Å². The highest BCUT2D eigenvalue weighted by Crippen LogP contribution is 2.29. The summed E-state index contributed by atoms with van der Waals surface area (Å²) in [4.78, 5) is 34.2. The standard InChI is InChI=1S/C12H12N4O2/c1-6-9-8(4-5-13-11(9)18)15-12(14-6)16-10(17)7-2-3-7/h4-5,7H,2-3H2,1H3,(H,13,18)(H,14,15,16,17). The number of fused-ring (bicyclic) bond motifs is 1. The number of aryl methyl sites for hydroxylation is 1. The summed E-state index contributed by atoms with van der Waals surface area (Å²) in [6.45, 7) is 1.73. The van der Waals surface area contributed by atoms with Gasteiger partial charge in [-0.2, -0.15) is 0 Å². The van der Waals surface area contributed by atoms with Crippen LogP contribution < -0.4 is 10.9 Å². The Labute approximate surface area is 102 Å². The third kappa shape index (κ3) is 1.85. The van der Waals surface area contributed by atoms with Crippen molar-refractivity contribution in [3.8, 4) is 0 Å². The van der Waals surface area contributed by atoms with E-state index in [2.05, 4.69) is 20.3 Å². The smallest absolute Gasteiger partial charge is 0.259 e. The van der Waals surface area contributed by atoms with Gasteiger partial charge < -0.3 is 4.98 Å². The summed E-state index contributed by atoms with van der Waals surface area (Å²) in [5.41, 5.74) is 0.885. The maximum absolute atomic E-state index is 11.6. The molecule has 0 atom stereocenters. The summed E-state index contributed by atoms with van der Waals surface area (Å²) >= 11 is 0. The van der Waals surface area contributed by atoms with Crippen LogP contribution in [0.25, 0.3) is 10.9 Å². The van der Waals surface area contributed by atoms with Crippen LogP contribution in [0.15, 0.2) is 17.1 Å². The predicted molar refractivity (Wildman–Crippen MR) is 66.2 cm³/mol. The van der Waals surface area contributed by atoms with E-state index in [1.54, 1.807) is 13.0 Å². The normalized spacial score (nSPS) is 14.7. The first kappa shape index (κ1) is 10.9. The number of aromatic nitrogens is 3. The molecule has 0 radical (unpaired) electrons. The molecule has 0 unspecified atom stereocenters. The van der Waals surface area contributed by atoms with Gasteiger partial charge in [0, 0.05) is 12.1 Å². The lowest BCUT2D eigenvalue weighted by Crippen LogP contribution is -2.17. The molecule has 18 heavy (non-hydrogen) atoms. The van der Waals surface area contributed by atoms with Gasteiger partial charge in [-0.1, -0.05) is 0 Å². The van der Waals surface area contributed by atoms with Crippen LogP contribution in [0.3, 0.4) is 0 Å². The van der Waals surface area contributed by atoms with Crippen molar-refractivity contribution in [3.05, 3.63) is 28.3 Å². The van der Waals surface area contributed by atoms with E-state index in [4.69, 9.17) is 0 Å². The molecule has 0 spiro atoms. The number of rotatable bonds is 2. The third-order valence-corrected chi connectivity index (χ3v) is 2.98. The molecule has 1 saturated carbocycles. The van der Waals surface area contributed by atoms with Gasteiger partial charge in [0.25, 0.3) is 5.56 Å². The number of carbonyl (C=O) groups excluding carboxylic acids is 1. The molecule has 0 bridgehead atoms. The zero-order valence-electron chi connectivity index (χ0n) is 9.86. The van der Waals surface area contributed by atoms with Crippen LogP contribution in [0.5, 0.6) is 0 Å². The zero-order valence-corrected chi connectivity index (χ0v) is 9.86. The molecule has 3 rings (SSSR count). The topological polar surface area (TPSA) is 87.7 Å². The summed E-state index contributed by atoms with van der Waals surface area (Å²) in [6.07, 6.45) is 3.39. The molecule has 2 N–H and O–H groups in total. The maximum Gasteiger partial charge on any atom is 0.259 e. The molecule has 6 heteroatoms. The van der Waals surface area contributed by atoms with Crippen molar-refractivity contribution in [2.45, 2.75) is 19.8 Å². The van der Waals surface area contributed by atoms with Gasteiger partial charge in [-0.15, -0.1) is 0 Å². The van der Waals surface area contributed by atoms with Crippen LogP contribution in [0.1, 0.15) is 18.5 Å². The average Bonchev–Trinajstić information content (AvgIpc) is 3.12. The highest BCUT2D eigenvalue weighted by atomic mass is 16.2. The Hall–Kier alpha value is -2.24. The lowest BCUT2D eigenvalue weighted by Gasteiger charge is -2.05. The molecule has 1 fully saturated rings. The zero-order chi connectivity index (χ0) is 12.7. The summed E-state index contributed by atoms with van der Waals surface area (Å²) in [7, 11) is 0. The molecule has 0 aliphatic heterocycles. The van der Waals surface area contributed by atoms with Crippen molar-refractivity contribution in [1.29, 1.82) is 0 Å². The highest BCUT2D eigenvalue weighted by molar-refractivity contribution is 5.93. The number of nitrogens with one attached hydrogen (secondary N) is 2. The van der Waals surface area contributed by atoms with Crippen LogP contribution >= 0.6 is 0 Å². The highest BCUT2D eigenvalue weighted by Gasteiger charge is 2.30. The molecular formula is C12H12N4O2. The molecule has 6 nitrogen and oxygen atoms in total. The Morgan fingerprint density at radius 1 is 1.44 bits per heavy atom. The number of nitrogens with zero attached hydrogens (tertiary/aromatic N) is 2. The minimum atomic E-state index is -0.218. The van der Waals surface area contributed by atoms with Crippen LogP contribution in [-0.4, -0.2) is 20.9 Å². The number of carbonyl (C=O) groups is 1. The van der Waals surface area contributed by atoms with E-state index < -0.39 is 0 Å². The fraction of sp³-hybridized carbons (Fsp3) is 0.333. The average molecular weight is 244 g/mol. The Kier molecular flexibility index (Phi) is 2.36. The Balaban J connectivity index is 2.04. The molecular weight excluding hydrogens is 232 g/mol. The lowest BCUT2D eigenvalue weighted by molar-refractivity contribution is -0.117. The third-order valence-electron chi connectivity index (χ3n) is 2.98. The second-order valence-corrected chi connectivity index (χ2v) is 4.46. The number of amides is 1. The molecule has 92 valence electrons. The van der Waals surface area contributed by atoms with Crippen molar-refractivity contribution < 1.29 is 4.79 Å². The number of anilines is 1. The van der Waals surface area contributed by atoms with E-state index in [9.17, 15) is 9.59 Å². The van der Waals surface area contributed by atoms with E-state index in [1.807, 2.05) is 0 Å². The van der Waals surface area contributed by atoms with Gasteiger partial charge in [-0.25, -0.2) is 9.97 Å². The summed E-state index contributed by atoms with van der Waals surface area (Å²) in [6, 6.07) is 1.69. The molecule has 1 amide bonds. The van der Waals surface area contributed by atoms with E-state index in [0.29, 0.717) is 16.6 Å². The van der Waals surface area contributed by atoms with E-state index in [1.165, 1.54) is 6.20 Å². The number of hydrogen-bond acceptors (Lipinski definition) is 4. The first-order chi connectivity index (χ1) is 8.65. The van der Waals surface area contributed by atoms with E-state index in [0.717, 1.165) is 12.8 Å². The van der Waals surface area contributed by atoms with Crippen molar-refractivity contribution in [1.82, 2.24) is 15.0 Å². The molecule has 1 aliphatic carbocycles. The van der Waals surface area contributed by atoms with Gasteiger partial charge >= 0.3 is 0 Å². The Morgan fingerprint density at radius 3 is 2.94 bits per heavy atom. The van der Waals surface area contributed by atoms with Gasteiger partial charge in [0.2, 0.25) is 11.9 Å². The number of aromatic amines is 1. The Morgan fingerprint density at radius 2 is 2.22 bits per heavy atom. The predicted octanol–water partition coefficient (Wildman–Crippen LogP) is 0.975. The minimum absolute atomic E-state index is 0.0430. The van der Waals surface area contributed by atoms with Crippen molar-refractivity contribution in [3.63, 3.8) is 0 Å². The monoisotopic (exact) mass is 244 g/mol. The van der Waals surface area contributed by atoms with Crippen LogP contribution in [0.2, 0.25) is 0 Å². The van der Waals surface area contributed by atoms with E-state index >= 15 is 0 Å². The van der Waals surface area contributed by atoms with Crippen molar-refractivity contribution >= 4 is 22.8 Å². The summed E-state index contributed by atoms with van der Waals surface area (Å²) in [5, 5.41) is 3.14. The van der Waals surface area contributed by atoms with Crippen LogP contribution in [0, 0.1) is 12.8 Å².